The molecule has 0 saturated carbocycles. The molecule has 122 valence electrons. The zero-order valence-corrected chi connectivity index (χ0v) is 13.5. The van der Waals surface area contributed by atoms with E-state index in [1.807, 2.05) is 47.1 Å². The van der Waals surface area contributed by atoms with Crippen LogP contribution in [0.25, 0.3) is 0 Å². The van der Waals surface area contributed by atoms with Gasteiger partial charge in [-0.05, 0) is 38.3 Å². The number of benzene rings is 1. The summed E-state index contributed by atoms with van der Waals surface area (Å²) in [5.74, 6) is 0.644. The van der Waals surface area contributed by atoms with Crippen LogP contribution in [0, 0.1) is 0 Å². The highest BCUT2D eigenvalue weighted by Gasteiger charge is 2.23. The first kappa shape index (κ1) is 15.5. The largest absolute Gasteiger partial charge is 0.504 e. The van der Waals surface area contributed by atoms with Crippen molar-refractivity contribution in [2.24, 2.45) is 0 Å². The van der Waals surface area contributed by atoms with E-state index in [4.69, 9.17) is 0 Å². The predicted molar refractivity (Wildman–Crippen MR) is 91.3 cm³/mol. The zero-order chi connectivity index (χ0) is 16.2. The summed E-state index contributed by atoms with van der Waals surface area (Å²) < 4.78 is 0. The molecule has 2 aromatic rings. The average molecular weight is 313 g/mol. The summed E-state index contributed by atoms with van der Waals surface area (Å²) in [7, 11) is 0. The first-order valence-electron chi connectivity index (χ1n) is 8.24. The second-order valence-electron chi connectivity index (χ2n) is 5.85. The Kier molecular flexibility index (Phi) is 4.55. The molecule has 0 aliphatic carbocycles. The van der Waals surface area contributed by atoms with E-state index in [2.05, 4.69) is 4.98 Å². The molecule has 1 aromatic carbocycles. The van der Waals surface area contributed by atoms with Crippen LogP contribution < -0.4 is 4.90 Å². The van der Waals surface area contributed by atoms with Crippen LogP contribution in [0.15, 0.2) is 36.4 Å². The Bertz CT molecular complexity index is 660. The second-order valence-corrected chi connectivity index (χ2v) is 5.85. The lowest BCUT2D eigenvalue weighted by Crippen LogP contribution is -2.35. The summed E-state index contributed by atoms with van der Waals surface area (Å²) in [6, 6.07) is 11.4. The third-order valence-corrected chi connectivity index (χ3v) is 4.30. The van der Waals surface area contributed by atoms with Gasteiger partial charge >= 0.3 is 0 Å². The molecule has 1 aromatic heterocycles. The lowest BCUT2D eigenvalue weighted by molar-refractivity contribution is 0.0719. The molecule has 0 bridgehead atoms. The number of aromatic nitrogens is 1. The second kappa shape index (κ2) is 6.77. The van der Waals surface area contributed by atoms with Crippen molar-refractivity contribution in [1.82, 2.24) is 9.88 Å². The molecule has 5 heteroatoms. The maximum Gasteiger partial charge on any atom is 0.270 e. The number of carbonyl (C=O) groups excluding carboxylic acids is 1. The average Bonchev–Trinajstić information content (AvgIpc) is 2.98. The van der Waals surface area contributed by atoms with Gasteiger partial charge in [-0.1, -0.05) is 18.2 Å². The predicted octanol–water partition coefficient (Wildman–Crippen LogP) is 3.50. The Morgan fingerprint density at radius 3 is 2.57 bits per heavy atom. The number of hydrogen-bond donors (Lipinski definition) is 2. The van der Waals surface area contributed by atoms with Gasteiger partial charge in [0, 0.05) is 31.4 Å². The first-order chi connectivity index (χ1) is 11.2. The minimum Gasteiger partial charge on any atom is -0.504 e. The van der Waals surface area contributed by atoms with Gasteiger partial charge in [0.25, 0.3) is 5.91 Å². The van der Waals surface area contributed by atoms with Crippen molar-refractivity contribution in [1.29, 1.82) is 0 Å². The number of para-hydroxylation sites is 1. The van der Waals surface area contributed by atoms with Crippen LogP contribution in [0.2, 0.25) is 0 Å². The Morgan fingerprint density at radius 1 is 1.22 bits per heavy atom. The molecule has 1 fully saturated rings. The van der Waals surface area contributed by atoms with Gasteiger partial charge in [-0.3, -0.25) is 4.79 Å². The molecule has 1 aliphatic heterocycles. The molecule has 1 amide bonds. The van der Waals surface area contributed by atoms with Crippen molar-refractivity contribution in [3.63, 3.8) is 0 Å². The number of nitrogens with one attached hydrogen (secondary N) is 1. The highest BCUT2D eigenvalue weighted by Crippen LogP contribution is 2.33. The van der Waals surface area contributed by atoms with Gasteiger partial charge in [-0.25, -0.2) is 0 Å². The lowest BCUT2D eigenvalue weighted by atomic mass is 10.1. The summed E-state index contributed by atoms with van der Waals surface area (Å²) in [5, 5.41) is 10.3. The molecule has 0 atom stereocenters. The van der Waals surface area contributed by atoms with Gasteiger partial charge in [-0.2, -0.15) is 0 Å². The summed E-state index contributed by atoms with van der Waals surface area (Å²) >= 11 is 0. The van der Waals surface area contributed by atoms with Crippen molar-refractivity contribution < 1.29 is 9.90 Å². The van der Waals surface area contributed by atoms with Crippen molar-refractivity contribution in [2.75, 3.05) is 24.5 Å². The van der Waals surface area contributed by atoms with Crippen LogP contribution in [0.1, 0.15) is 36.7 Å². The number of amides is 1. The third kappa shape index (κ3) is 3.18. The zero-order valence-electron chi connectivity index (χ0n) is 13.5. The van der Waals surface area contributed by atoms with Crippen molar-refractivity contribution in [2.45, 2.75) is 26.2 Å². The SMILES string of the molecule is CCN(c1ccccc1)c1[nH]c(C(=O)N2CCCCC2)cc1O. The van der Waals surface area contributed by atoms with Crippen molar-refractivity contribution >= 4 is 17.4 Å². The van der Waals surface area contributed by atoms with Crippen molar-refractivity contribution in [3.8, 4) is 5.75 Å². The monoisotopic (exact) mass is 313 g/mol. The molecular weight excluding hydrogens is 290 g/mol. The summed E-state index contributed by atoms with van der Waals surface area (Å²) in [6.45, 7) is 4.29. The van der Waals surface area contributed by atoms with Crippen LogP contribution in [-0.2, 0) is 0 Å². The maximum atomic E-state index is 12.6. The Morgan fingerprint density at radius 2 is 1.91 bits per heavy atom. The first-order valence-corrected chi connectivity index (χ1v) is 8.24. The van der Waals surface area contributed by atoms with E-state index in [1.54, 1.807) is 0 Å². The van der Waals surface area contributed by atoms with Gasteiger partial charge in [-0.15, -0.1) is 0 Å². The van der Waals surface area contributed by atoms with Gasteiger partial charge in [0.05, 0.1) is 0 Å². The van der Waals surface area contributed by atoms with E-state index < -0.39 is 0 Å². The summed E-state index contributed by atoms with van der Waals surface area (Å²) in [6.07, 6.45) is 3.29. The molecule has 23 heavy (non-hydrogen) atoms. The fourth-order valence-electron chi connectivity index (χ4n) is 3.10. The number of hydrogen-bond acceptors (Lipinski definition) is 3. The Hall–Kier alpha value is -2.43. The number of aromatic amines is 1. The molecule has 3 rings (SSSR count). The number of nitrogens with zero attached hydrogens (tertiary/aromatic N) is 2. The van der Waals surface area contributed by atoms with Crippen LogP contribution in [0.3, 0.4) is 0 Å². The van der Waals surface area contributed by atoms with E-state index in [0.29, 0.717) is 18.1 Å². The third-order valence-electron chi connectivity index (χ3n) is 4.30. The number of aromatic hydroxyl groups is 1. The van der Waals surface area contributed by atoms with Crippen LogP contribution >= 0.6 is 0 Å². The van der Waals surface area contributed by atoms with Gasteiger partial charge < -0.3 is 19.9 Å². The van der Waals surface area contributed by atoms with E-state index in [0.717, 1.165) is 31.6 Å². The fourth-order valence-corrected chi connectivity index (χ4v) is 3.10. The molecule has 0 spiro atoms. The lowest BCUT2D eigenvalue weighted by Gasteiger charge is -2.26. The minimum atomic E-state index is -0.0321. The quantitative estimate of drug-likeness (QED) is 0.908. The van der Waals surface area contributed by atoms with Crippen LogP contribution in [0.5, 0.6) is 5.75 Å². The number of carbonyl (C=O) groups is 1. The summed E-state index contributed by atoms with van der Waals surface area (Å²) in [5.41, 5.74) is 1.43. The summed E-state index contributed by atoms with van der Waals surface area (Å²) in [4.78, 5) is 19.5. The van der Waals surface area contributed by atoms with Gasteiger partial charge in [0.1, 0.15) is 5.69 Å². The molecule has 2 heterocycles. The van der Waals surface area contributed by atoms with E-state index in [-0.39, 0.29) is 11.7 Å². The molecule has 1 aliphatic rings. The number of piperidine rings is 1. The Balaban J connectivity index is 1.86. The molecule has 0 unspecified atom stereocenters. The molecule has 5 nitrogen and oxygen atoms in total. The number of rotatable bonds is 4. The van der Waals surface area contributed by atoms with Gasteiger partial charge in [0.15, 0.2) is 11.6 Å². The number of likely N-dealkylation sites (tertiary alicyclic amines) is 1. The minimum absolute atomic E-state index is 0.0321. The van der Waals surface area contributed by atoms with Crippen LogP contribution in [0.4, 0.5) is 11.5 Å². The highest BCUT2D eigenvalue weighted by molar-refractivity contribution is 5.94. The standard InChI is InChI=1S/C18H23N3O2/c1-2-21(14-9-5-3-6-10-14)17-16(22)13-15(19-17)18(23)20-11-7-4-8-12-20/h3,5-6,9-10,13,19,22H,2,4,7-8,11-12H2,1H3. The molecule has 1 saturated heterocycles. The molecule has 0 radical (unpaired) electrons. The van der Waals surface area contributed by atoms with Crippen LogP contribution in [-0.4, -0.2) is 40.5 Å². The number of anilines is 2. The molecule has 2 N–H and O–H groups in total. The number of H-pyrrole nitrogens is 1. The Labute approximate surface area is 136 Å². The smallest absolute Gasteiger partial charge is 0.270 e. The van der Waals surface area contributed by atoms with E-state index in [1.165, 1.54) is 12.5 Å². The van der Waals surface area contributed by atoms with Crippen molar-refractivity contribution in [3.05, 3.63) is 42.1 Å². The normalized spacial score (nSPS) is 14.7. The van der Waals surface area contributed by atoms with E-state index >= 15 is 0 Å². The fraction of sp³-hybridized carbons (Fsp3) is 0.389. The maximum absolute atomic E-state index is 12.6. The highest BCUT2D eigenvalue weighted by atomic mass is 16.3. The van der Waals surface area contributed by atoms with Gasteiger partial charge in [0.2, 0.25) is 0 Å². The molecular formula is C18H23N3O2. The van der Waals surface area contributed by atoms with E-state index in [9.17, 15) is 9.90 Å². The topological polar surface area (TPSA) is 59.6 Å².